The maximum atomic E-state index is 12.0. The Hall–Kier alpha value is -3.07. The van der Waals surface area contributed by atoms with E-state index in [9.17, 15) is 4.79 Å². The maximum absolute atomic E-state index is 12.0. The highest BCUT2D eigenvalue weighted by atomic mass is 16.5. The van der Waals surface area contributed by atoms with Crippen LogP contribution in [-0.2, 0) is 6.42 Å². The number of aliphatic hydroxyl groups is 1. The van der Waals surface area contributed by atoms with Gasteiger partial charge in [-0.3, -0.25) is 9.78 Å². The fourth-order valence-electron chi connectivity index (χ4n) is 2.50. The number of ether oxygens (including phenoxy) is 3. The number of nitrogens with one attached hydrogen (secondary N) is 2. The summed E-state index contributed by atoms with van der Waals surface area (Å²) in [6, 6.07) is 3.51. The van der Waals surface area contributed by atoms with Crippen LogP contribution in [0.15, 0.2) is 22.0 Å². The second kappa shape index (κ2) is 9.58. The average molecular weight is 376 g/mol. The maximum Gasteiger partial charge on any atom is 0.255 e. The Balaban J connectivity index is 2.22. The number of anilines is 1. The second-order valence-electron chi connectivity index (χ2n) is 5.51. The molecule has 0 radical (unpaired) electrons. The summed E-state index contributed by atoms with van der Waals surface area (Å²) in [6.45, 7) is 3.95. The number of rotatable bonds is 9. The van der Waals surface area contributed by atoms with Crippen LogP contribution in [-0.4, -0.2) is 48.7 Å². The number of H-pyrrole nitrogens is 1. The van der Waals surface area contributed by atoms with Crippen LogP contribution in [0.25, 0.3) is 0 Å². The van der Waals surface area contributed by atoms with E-state index in [-0.39, 0.29) is 24.5 Å². The first kappa shape index (κ1) is 20.2. The quantitative estimate of drug-likeness (QED) is 0.448. The number of aromatic amines is 1. The van der Waals surface area contributed by atoms with Gasteiger partial charge in [-0.2, -0.15) is 5.10 Å². The Morgan fingerprint density at radius 2 is 1.96 bits per heavy atom. The molecule has 0 aliphatic rings. The molecule has 0 unspecified atom stereocenters. The van der Waals surface area contributed by atoms with Crippen LogP contribution in [0.1, 0.15) is 23.7 Å². The van der Waals surface area contributed by atoms with Crippen molar-refractivity contribution in [2.75, 3.05) is 32.9 Å². The van der Waals surface area contributed by atoms with E-state index in [0.29, 0.717) is 40.7 Å². The van der Waals surface area contributed by atoms with E-state index >= 15 is 0 Å². The summed E-state index contributed by atoms with van der Waals surface area (Å²) in [6.07, 6.45) is 1.79. The first-order valence-electron chi connectivity index (χ1n) is 8.42. The molecular formula is C18H24N4O5. The van der Waals surface area contributed by atoms with Gasteiger partial charge in [-0.1, -0.05) is 0 Å². The number of nitrogens with zero attached hydrogens (tertiary/aromatic N) is 2. The third-order valence-electron chi connectivity index (χ3n) is 3.74. The molecule has 2 rings (SSSR count). The van der Waals surface area contributed by atoms with Gasteiger partial charge in [-0.15, -0.1) is 0 Å². The van der Waals surface area contributed by atoms with Gasteiger partial charge in [0, 0.05) is 24.2 Å². The van der Waals surface area contributed by atoms with Gasteiger partial charge in [0.15, 0.2) is 11.5 Å². The zero-order chi connectivity index (χ0) is 19.8. The van der Waals surface area contributed by atoms with Gasteiger partial charge in [0.2, 0.25) is 11.7 Å². The Morgan fingerprint density at radius 1 is 1.30 bits per heavy atom. The van der Waals surface area contributed by atoms with Crippen molar-refractivity contribution in [1.29, 1.82) is 0 Å². The van der Waals surface area contributed by atoms with Crippen molar-refractivity contribution < 1.29 is 19.3 Å². The van der Waals surface area contributed by atoms with Gasteiger partial charge in [0.05, 0.1) is 32.7 Å². The summed E-state index contributed by atoms with van der Waals surface area (Å²) >= 11 is 0. The Morgan fingerprint density at radius 3 is 2.48 bits per heavy atom. The number of aromatic nitrogens is 2. The number of hydrogen-bond acceptors (Lipinski definition) is 8. The monoisotopic (exact) mass is 376 g/mol. The van der Waals surface area contributed by atoms with Gasteiger partial charge in [-0.25, -0.2) is 10.4 Å². The number of aliphatic hydroxyl groups excluding tert-OH is 1. The Bertz CT molecular complexity index is 838. The number of hydrogen-bond donors (Lipinski definition) is 3. The van der Waals surface area contributed by atoms with E-state index in [1.165, 1.54) is 6.21 Å². The zero-order valence-corrected chi connectivity index (χ0v) is 15.8. The van der Waals surface area contributed by atoms with E-state index in [0.717, 1.165) is 0 Å². The van der Waals surface area contributed by atoms with Crippen LogP contribution in [0.3, 0.4) is 0 Å². The molecule has 1 aromatic carbocycles. The van der Waals surface area contributed by atoms with Crippen molar-refractivity contribution in [3.8, 4) is 17.2 Å². The molecule has 0 fully saturated rings. The van der Waals surface area contributed by atoms with E-state index in [2.05, 4.69) is 20.5 Å². The van der Waals surface area contributed by atoms with Gasteiger partial charge < -0.3 is 19.3 Å². The highest BCUT2D eigenvalue weighted by Gasteiger charge is 2.13. The molecule has 1 aromatic heterocycles. The first-order valence-corrected chi connectivity index (χ1v) is 8.42. The lowest BCUT2D eigenvalue weighted by atomic mass is 10.2. The van der Waals surface area contributed by atoms with E-state index in [4.69, 9.17) is 19.3 Å². The summed E-state index contributed by atoms with van der Waals surface area (Å²) in [4.78, 5) is 18.8. The number of methoxy groups -OCH3 is 2. The predicted octanol–water partition coefficient (Wildman–Crippen LogP) is 1.48. The van der Waals surface area contributed by atoms with E-state index in [1.54, 1.807) is 33.3 Å². The fourth-order valence-corrected chi connectivity index (χ4v) is 2.50. The van der Waals surface area contributed by atoms with Crippen molar-refractivity contribution in [3.05, 3.63) is 39.3 Å². The molecule has 0 aliphatic carbocycles. The molecule has 2 aromatic rings. The minimum absolute atomic E-state index is 0.113. The molecule has 0 atom stereocenters. The highest BCUT2D eigenvalue weighted by molar-refractivity contribution is 5.82. The van der Waals surface area contributed by atoms with Crippen LogP contribution < -0.4 is 25.2 Å². The summed E-state index contributed by atoms with van der Waals surface area (Å²) in [5, 5.41) is 13.1. The van der Waals surface area contributed by atoms with Crippen molar-refractivity contribution >= 4 is 12.2 Å². The lowest BCUT2D eigenvalue weighted by Crippen LogP contribution is -2.19. The number of benzene rings is 1. The molecule has 0 bridgehead atoms. The summed E-state index contributed by atoms with van der Waals surface area (Å²) in [5.41, 5.74) is 4.07. The zero-order valence-electron chi connectivity index (χ0n) is 15.8. The molecule has 27 heavy (non-hydrogen) atoms. The molecular weight excluding hydrogens is 352 g/mol. The van der Waals surface area contributed by atoms with E-state index in [1.807, 2.05) is 6.92 Å². The third-order valence-corrected chi connectivity index (χ3v) is 3.74. The van der Waals surface area contributed by atoms with Crippen LogP contribution >= 0.6 is 0 Å². The minimum atomic E-state index is -0.307. The summed E-state index contributed by atoms with van der Waals surface area (Å²) < 4.78 is 16.3. The molecule has 3 N–H and O–H groups in total. The van der Waals surface area contributed by atoms with Crippen LogP contribution in [0.4, 0.5) is 5.95 Å². The molecule has 0 saturated carbocycles. The third kappa shape index (κ3) is 4.98. The highest BCUT2D eigenvalue weighted by Crippen LogP contribution is 2.38. The first-order chi connectivity index (χ1) is 13.0. The molecule has 0 amide bonds. The summed E-state index contributed by atoms with van der Waals surface area (Å²) in [7, 11) is 3.09. The second-order valence-corrected chi connectivity index (χ2v) is 5.51. The minimum Gasteiger partial charge on any atom is -0.493 e. The smallest absolute Gasteiger partial charge is 0.255 e. The van der Waals surface area contributed by atoms with Crippen LogP contribution in [0.2, 0.25) is 0 Å². The van der Waals surface area contributed by atoms with Gasteiger partial charge in [0.1, 0.15) is 0 Å². The molecule has 146 valence electrons. The van der Waals surface area contributed by atoms with Gasteiger partial charge in [-0.05, 0) is 26.0 Å². The molecule has 1 heterocycles. The molecule has 0 spiro atoms. The molecule has 0 aliphatic heterocycles. The van der Waals surface area contributed by atoms with Crippen molar-refractivity contribution in [2.45, 2.75) is 20.3 Å². The predicted molar refractivity (Wildman–Crippen MR) is 102 cm³/mol. The standard InChI is InChI=1S/C18H24N4O5/c1-5-27-16-14(25-3)8-12(9-15(16)26-4)10-19-22-18-20-11(2)13(6-7-23)17(24)21-18/h8-10,23H,5-7H2,1-4H3,(H2,20,21,22,24)/b19-10-. The van der Waals surface area contributed by atoms with Crippen molar-refractivity contribution in [3.63, 3.8) is 0 Å². The lowest BCUT2D eigenvalue weighted by Gasteiger charge is -2.14. The molecule has 9 nitrogen and oxygen atoms in total. The Kier molecular flexibility index (Phi) is 7.18. The Labute approximate surface area is 157 Å². The van der Waals surface area contributed by atoms with Crippen LogP contribution in [0, 0.1) is 6.92 Å². The number of hydrazone groups is 1. The van der Waals surface area contributed by atoms with Crippen molar-refractivity contribution in [1.82, 2.24) is 9.97 Å². The van der Waals surface area contributed by atoms with E-state index < -0.39 is 0 Å². The van der Waals surface area contributed by atoms with Gasteiger partial charge >= 0.3 is 0 Å². The number of aryl methyl sites for hydroxylation is 1. The largest absolute Gasteiger partial charge is 0.493 e. The summed E-state index contributed by atoms with van der Waals surface area (Å²) in [5.74, 6) is 1.77. The van der Waals surface area contributed by atoms with Crippen molar-refractivity contribution in [2.24, 2.45) is 5.10 Å². The normalized spacial score (nSPS) is 10.9. The average Bonchev–Trinajstić information content (AvgIpc) is 2.65. The van der Waals surface area contributed by atoms with Gasteiger partial charge in [0.25, 0.3) is 5.56 Å². The topological polar surface area (TPSA) is 118 Å². The lowest BCUT2D eigenvalue weighted by molar-refractivity contribution is 0.288. The fraction of sp³-hybridized carbons (Fsp3) is 0.389. The molecule has 9 heteroatoms. The molecule has 0 saturated heterocycles. The SMILES string of the molecule is CCOc1c(OC)cc(/C=N\Nc2nc(C)c(CCO)c(=O)[nH]2)cc1OC. The van der Waals surface area contributed by atoms with Crippen LogP contribution in [0.5, 0.6) is 17.2 Å².